The van der Waals surface area contributed by atoms with E-state index in [-0.39, 0.29) is 36.3 Å². The maximum atomic E-state index is 9.53. The van der Waals surface area contributed by atoms with E-state index >= 15 is 0 Å². The van der Waals surface area contributed by atoms with Crippen molar-refractivity contribution in [3.63, 3.8) is 0 Å². The summed E-state index contributed by atoms with van der Waals surface area (Å²) in [6, 6.07) is 0. The molecule has 0 unspecified atom stereocenters. The molecule has 0 aromatic rings. The average molecular weight is 157 g/mol. The molecule has 0 spiro atoms. The quantitative estimate of drug-likeness (QED) is 0.519. The monoisotopic (exact) mass is 156 g/mol. The van der Waals surface area contributed by atoms with Gasteiger partial charge in [0.25, 0.3) is 0 Å². The Hall–Kier alpha value is 0.686. The molecule has 0 rings (SSSR count). The molecule has 10 heavy (non-hydrogen) atoms. The van der Waals surface area contributed by atoms with Gasteiger partial charge in [-0.25, -0.2) is 0 Å². The second-order valence-corrected chi connectivity index (χ2v) is 1.76. The molecule has 2 nitrogen and oxygen atoms in total. The predicted octanol–water partition coefficient (Wildman–Crippen LogP) is -0.477. The fraction of sp³-hybridized carbons (Fsp3) is 1.00. The number of rotatable bonds is 3. The van der Waals surface area contributed by atoms with Gasteiger partial charge in [-0.05, 0) is 0 Å². The smallest absolute Gasteiger partial charge is 0.854 e. The minimum atomic E-state index is 0. The van der Waals surface area contributed by atoms with Gasteiger partial charge < -0.3 is 10.2 Å². The second kappa shape index (κ2) is 22.6. The molecule has 0 bridgehead atoms. The first-order chi connectivity index (χ1) is 4.33. The molecule has 0 aliphatic heterocycles. The third-order valence-electron chi connectivity index (χ3n) is 0.702. The molecule has 0 aromatic carbocycles. The van der Waals surface area contributed by atoms with Crippen molar-refractivity contribution in [3.8, 4) is 0 Å². The second-order valence-electron chi connectivity index (χ2n) is 1.76. The van der Waals surface area contributed by atoms with Crippen LogP contribution in [0, 0.1) is 0 Å². The molecule has 0 radical (unpaired) electrons. The molecule has 0 amide bonds. The van der Waals surface area contributed by atoms with Gasteiger partial charge in [-0.2, -0.15) is 0 Å². The predicted molar refractivity (Wildman–Crippen MR) is 40.7 cm³/mol. The number of hydrogen-bond acceptors (Lipinski definition) is 2. The van der Waals surface area contributed by atoms with Crippen molar-refractivity contribution in [2.45, 2.75) is 33.1 Å². The summed E-state index contributed by atoms with van der Waals surface area (Å²) in [4.78, 5) is 0. The summed E-state index contributed by atoms with van der Waals surface area (Å²) in [7, 11) is 0. The van der Waals surface area contributed by atoms with Gasteiger partial charge in [-0.3, -0.25) is 0 Å². The van der Waals surface area contributed by atoms with E-state index in [1.54, 1.807) is 0 Å². The van der Waals surface area contributed by atoms with Crippen molar-refractivity contribution in [2.75, 3.05) is 13.2 Å². The molecule has 0 saturated carbocycles. The maximum Gasteiger partial charge on any atom is 2.00 e. The first kappa shape index (κ1) is 17.0. The molecule has 0 N–H and O–H groups in total. The zero-order chi connectivity index (χ0) is 7.54. The molecule has 0 aromatic heterocycles. The van der Waals surface area contributed by atoms with Crippen LogP contribution in [0.5, 0.6) is 0 Å². The number of hydrogen-bond donors (Lipinski definition) is 0. The number of unbranched alkanes of at least 4 members (excludes halogenated alkanes) is 1. The van der Waals surface area contributed by atoms with E-state index in [0.717, 1.165) is 19.3 Å². The van der Waals surface area contributed by atoms with Crippen LogP contribution in [-0.2, 0) is 0 Å². The summed E-state index contributed by atoms with van der Waals surface area (Å²) < 4.78 is 0. The van der Waals surface area contributed by atoms with Gasteiger partial charge in [0, 0.05) is 0 Å². The molecular weight excluding hydrogens is 140 g/mol. The third kappa shape index (κ3) is 37.8. The molecule has 0 saturated heterocycles. The third-order valence-corrected chi connectivity index (χ3v) is 0.702. The van der Waals surface area contributed by atoms with Crippen LogP contribution in [0.4, 0.5) is 0 Å². The standard InChI is InChI=1S/C4H9O.C3H7O.Mg/c1-2-3-4-5;1-2-3-4;/h2-4H2,1H3;2-3H2,1H3;/q2*-1;+2. The first-order valence-corrected chi connectivity index (χ1v) is 3.49. The molecule has 58 valence electrons. The molecule has 0 heterocycles. The van der Waals surface area contributed by atoms with Crippen molar-refractivity contribution in [3.05, 3.63) is 0 Å². The minimum absolute atomic E-state index is 0. The Labute approximate surface area is 79.8 Å². The molecular formula is C7H16MgO2. The van der Waals surface area contributed by atoms with E-state index in [1.165, 1.54) is 0 Å². The summed E-state index contributed by atoms with van der Waals surface area (Å²) in [5.41, 5.74) is 0. The zero-order valence-electron chi connectivity index (χ0n) is 7.06. The largest absolute Gasteiger partial charge is 2.00 e. The van der Waals surface area contributed by atoms with Crippen molar-refractivity contribution in [1.29, 1.82) is 0 Å². The van der Waals surface area contributed by atoms with E-state index in [0.29, 0.717) is 0 Å². The fourth-order valence-electron chi connectivity index (χ4n) is 0.144. The Kier molecular flexibility index (Phi) is 38.4. The van der Waals surface area contributed by atoms with Crippen molar-refractivity contribution in [2.24, 2.45) is 0 Å². The van der Waals surface area contributed by atoms with Gasteiger partial charge in [0.1, 0.15) is 0 Å². The van der Waals surface area contributed by atoms with E-state index in [1.807, 2.05) is 13.8 Å². The van der Waals surface area contributed by atoms with E-state index in [2.05, 4.69) is 0 Å². The van der Waals surface area contributed by atoms with E-state index < -0.39 is 0 Å². The van der Waals surface area contributed by atoms with Crippen LogP contribution < -0.4 is 10.2 Å². The Balaban J connectivity index is -0.0000000910. The fourth-order valence-corrected chi connectivity index (χ4v) is 0.144. The zero-order valence-corrected chi connectivity index (χ0v) is 8.47. The van der Waals surface area contributed by atoms with Crippen LogP contribution in [-0.4, -0.2) is 36.3 Å². The van der Waals surface area contributed by atoms with E-state index in [9.17, 15) is 10.2 Å². The van der Waals surface area contributed by atoms with Gasteiger partial charge >= 0.3 is 23.1 Å². The van der Waals surface area contributed by atoms with Crippen LogP contribution in [0.25, 0.3) is 0 Å². The summed E-state index contributed by atoms with van der Waals surface area (Å²) >= 11 is 0. The Morgan fingerprint density at radius 2 is 1.30 bits per heavy atom. The molecule has 3 heteroatoms. The average Bonchev–Trinajstić information content (AvgIpc) is 1.91. The minimum Gasteiger partial charge on any atom is -0.854 e. The SMILES string of the molecule is CCCC[O-].CCC[O-].[Mg+2]. The summed E-state index contributed by atoms with van der Waals surface area (Å²) in [5.74, 6) is 0. The summed E-state index contributed by atoms with van der Waals surface area (Å²) in [6.07, 6.45) is 2.63. The first-order valence-electron chi connectivity index (χ1n) is 3.49. The molecule has 0 fully saturated rings. The normalized spacial score (nSPS) is 7.20. The molecule has 0 aliphatic rings. The topological polar surface area (TPSA) is 46.1 Å². The van der Waals surface area contributed by atoms with Gasteiger partial charge in [-0.15, -0.1) is 13.2 Å². The summed E-state index contributed by atoms with van der Waals surface area (Å²) in [5, 5.41) is 18.8. The van der Waals surface area contributed by atoms with Crippen LogP contribution in [0.2, 0.25) is 0 Å². The van der Waals surface area contributed by atoms with Crippen molar-refractivity contribution in [1.82, 2.24) is 0 Å². The molecule has 0 atom stereocenters. The Bertz CT molecular complexity index is 30.8. The Morgan fingerprint density at radius 1 is 0.900 bits per heavy atom. The van der Waals surface area contributed by atoms with Crippen LogP contribution >= 0.6 is 0 Å². The van der Waals surface area contributed by atoms with Crippen molar-refractivity contribution < 1.29 is 10.2 Å². The van der Waals surface area contributed by atoms with Crippen LogP contribution in [0.1, 0.15) is 33.1 Å². The van der Waals surface area contributed by atoms with Gasteiger partial charge in [0.05, 0.1) is 0 Å². The van der Waals surface area contributed by atoms with E-state index in [4.69, 9.17) is 0 Å². The van der Waals surface area contributed by atoms with Gasteiger partial charge in [0.2, 0.25) is 0 Å². The van der Waals surface area contributed by atoms with Crippen LogP contribution in [0.15, 0.2) is 0 Å². The van der Waals surface area contributed by atoms with Crippen LogP contribution in [0.3, 0.4) is 0 Å². The van der Waals surface area contributed by atoms with Gasteiger partial charge in [0.15, 0.2) is 0 Å². The molecule has 0 aliphatic carbocycles. The maximum absolute atomic E-state index is 9.53. The van der Waals surface area contributed by atoms with Gasteiger partial charge in [-0.1, -0.05) is 33.1 Å². The summed E-state index contributed by atoms with van der Waals surface area (Å²) in [6.45, 7) is 4.04. The Morgan fingerprint density at radius 3 is 1.30 bits per heavy atom. The van der Waals surface area contributed by atoms with Crippen molar-refractivity contribution >= 4 is 23.1 Å².